The number of aromatic nitrogens is 1. The van der Waals surface area contributed by atoms with Gasteiger partial charge in [0.25, 0.3) is 11.5 Å². The monoisotopic (exact) mass is 284 g/mol. The van der Waals surface area contributed by atoms with Gasteiger partial charge in [-0.1, -0.05) is 17.2 Å². The number of aryl methyl sites for hydroxylation is 4. The highest BCUT2D eigenvalue weighted by Gasteiger charge is 2.10. The van der Waals surface area contributed by atoms with Crippen LogP contribution in [0.5, 0.6) is 0 Å². The van der Waals surface area contributed by atoms with Crippen LogP contribution in [0.2, 0.25) is 0 Å². The van der Waals surface area contributed by atoms with Crippen molar-refractivity contribution in [1.82, 2.24) is 10.3 Å². The summed E-state index contributed by atoms with van der Waals surface area (Å²) in [4.78, 5) is 26.9. The van der Waals surface area contributed by atoms with Crippen LogP contribution in [-0.2, 0) is 6.54 Å². The molecule has 0 atom stereocenters. The Labute approximate surface area is 124 Å². The molecule has 0 aliphatic rings. The number of nitrogens with one attached hydrogen (secondary N) is 2. The van der Waals surface area contributed by atoms with Gasteiger partial charge in [0.05, 0.1) is 0 Å². The number of benzene rings is 1. The molecule has 0 spiro atoms. The summed E-state index contributed by atoms with van der Waals surface area (Å²) in [5.41, 5.74) is 4.87. The predicted octanol–water partition coefficient (Wildman–Crippen LogP) is 2.54. The molecule has 21 heavy (non-hydrogen) atoms. The molecule has 2 N–H and O–H groups in total. The summed E-state index contributed by atoms with van der Waals surface area (Å²) >= 11 is 0. The predicted molar refractivity (Wildman–Crippen MR) is 83.6 cm³/mol. The number of hydrogen-bond donors (Lipinski definition) is 2. The van der Waals surface area contributed by atoms with Gasteiger partial charge in [0, 0.05) is 23.4 Å². The number of aromatic amines is 1. The second kappa shape index (κ2) is 5.95. The normalized spacial score (nSPS) is 10.5. The van der Waals surface area contributed by atoms with Crippen molar-refractivity contribution >= 4 is 5.91 Å². The van der Waals surface area contributed by atoms with Crippen molar-refractivity contribution in [3.8, 4) is 0 Å². The number of hydrogen-bond acceptors (Lipinski definition) is 2. The Bertz CT molecular complexity index is 725. The molecule has 1 aromatic carbocycles. The molecule has 2 aromatic rings. The lowest BCUT2D eigenvalue weighted by atomic mass is 10.1. The molecule has 4 nitrogen and oxygen atoms in total. The second-order valence-electron chi connectivity index (χ2n) is 5.50. The standard InChI is InChI=1S/C17H20N2O2/c1-10-5-11(2)7-14(6-10)16(20)18-9-15-12(3)8-13(4)19-17(15)21/h5-8H,9H2,1-4H3,(H,18,20)(H,19,21). The lowest BCUT2D eigenvalue weighted by molar-refractivity contribution is 0.0950. The topological polar surface area (TPSA) is 62.0 Å². The smallest absolute Gasteiger partial charge is 0.253 e. The van der Waals surface area contributed by atoms with E-state index in [1.165, 1.54) is 0 Å². The van der Waals surface area contributed by atoms with E-state index in [1.54, 1.807) is 0 Å². The first kappa shape index (κ1) is 15.0. The van der Waals surface area contributed by atoms with E-state index in [4.69, 9.17) is 0 Å². The van der Waals surface area contributed by atoms with Crippen LogP contribution in [0.4, 0.5) is 0 Å². The Hall–Kier alpha value is -2.36. The Balaban J connectivity index is 2.17. The lowest BCUT2D eigenvalue weighted by Crippen LogP contribution is -2.28. The van der Waals surface area contributed by atoms with Crippen LogP contribution in [-0.4, -0.2) is 10.9 Å². The Morgan fingerprint density at radius 1 is 1.05 bits per heavy atom. The van der Waals surface area contributed by atoms with E-state index in [0.29, 0.717) is 11.1 Å². The van der Waals surface area contributed by atoms with Crippen molar-refractivity contribution in [2.24, 2.45) is 0 Å². The fraction of sp³-hybridized carbons (Fsp3) is 0.294. The van der Waals surface area contributed by atoms with Gasteiger partial charge in [0.1, 0.15) is 0 Å². The molecule has 1 amide bonds. The molecule has 0 radical (unpaired) electrons. The van der Waals surface area contributed by atoms with Crippen molar-refractivity contribution < 1.29 is 4.79 Å². The van der Waals surface area contributed by atoms with Crippen molar-refractivity contribution in [2.75, 3.05) is 0 Å². The van der Waals surface area contributed by atoms with E-state index >= 15 is 0 Å². The zero-order valence-corrected chi connectivity index (χ0v) is 12.8. The number of H-pyrrole nitrogens is 1. The first-order valence-corrected chi connectivity index (χ1v) is 6.92. The molecule has 110 valence electrons. The van der Waals surface area contributed by atoms with Gasteiger partial charge in [-0.3, -0.25) is 9.59 Å². The maximum atomic E-state index is 12.2. The minimum absolute atomic E-state index is 0.145. The largest absolute Gasteiger partial charge is 0.348 e. The van der Waals surface area contributed by atoms with Gasteiger partial charge >= 0.3 is 0 Å². The minimum atomic E-state index is -0.166. The molecule has 0 fully saturated rings. The molecule has 2 rings (SSSR count). The fourth-order valence-electron chi connectivity index (χ4n) is 2.48. The summed E-state index contributed by atoms with van der Waals surface area (Å²) in [6.45, 7) is 7.86. The fourth-order valence-corrected chi connectivity index (χ4v) is 2.48. The van der Waals surface area contributed by atoms with Crippen LogP contribution in [0.3, 0.4) is 0 Å². The van der Waals surface area contributed by atoms with E-state index in [-0.39, 0.29) is 18.0 Å². The molecule has 0 bridgehead atoms. The first-order valence-electron chi connectivity index (χ1n) is 6.92. The summed E-state index contributed by atoms with van der Waals surface area (Å²) in [5, 5.41) is 2.81. The average Bonchev–Trinajstić information content (AvgIpc) is 2.35. The average molecular weight is 284 g/mol. The molecule has 1 heterocycles. The van der Waals surface area contributed by atoms with Crippen molar-refractivity contribution in [3.63, 3.8) is 0 Å². The third-order valence-corrected chi connectivity index (χ3v) is 3.40. The summed E-state index contributed by atoms with van der Waals surface area (Å²) < 4.78 is 0. The summed E-state index contributed by atoms with van der Waals surface area (Å²) in [6, 6.07) is 7.61. The quantitative estimate of drug-likeness (QED) is 0.910. The summed E-state index contributed by atoms with van der Waals surface area (Å²) in [6.07, 6.45) is 0. The molecule has 1 aromatic heterocycles. The number of amides is 1. The number of carbonyl (C=O) groups is 1. The van der Waals surface area contributed by atoms with Gasteiger partial charge < -0.3 is 10.3 Å². The third-order valence-electron chi connectivity index (χ3n) is 3.40. The molecule has 0 aliphatic heterocycles. The zero-order chi connectivity index (χ0) is 15.6. The Morgan fingerprint density at radius 3 is 2.24 bits per heavy atom. The Kier molecular flexibility index (Phi) is 4.26. The van der Waals surface area contributed by atoms with Crippen LogP contribution in [0.15, 0.2) is 29.1 Å². The summed E-state index contributed by atoms with van der Waals surface area (Å²) in [5.74, 6) is -0.166. The van der Waals surface area contributed by atoms with Crippen LogP contribution in [0.1, 0.15) is 38.3 Å². The van der Waals surface area contributed by atoms with Gasteiger partial charge in [0.2, 0.25) is 0 Å². The highest BCUT2D eigenvalue weighted by molar-refractivity contribution is 5.94. The molecule has 0 saturated heterocycles. The first-order chi connectivity index (χ1) is 9.86. The Morgan fingerprint density at radius 2 is 1.67 bits per heavy atom. The van der Waals surface area contributed by atoms with E-state index in [1.807, 2.05) is 52.0 Å². The molecule has 4 heteroatoms. The van der Waals surface area contributed by atoms with E-state index < -0.39 is 0 Å². The van der Waals surface area contributed by atoms with E-state index in [9.17, 15) is 9.59 Å². The van der Waals surface area contributed by atoms with Crippen molar-refractivity contribution in [1.29, 1.82) is 0 Å². The van der Waals surface area contributed by atoms with Gasteiger partial charge in [-0.05, 0) is 51.5 Å². The lowest BCUT2D eigenvalue weighted by Gasteiger charge is -2.09. The third kappa shape index (κ3) is 3.60. The molecule has 0 aliphatic carbocycles. The number of rotatable bonds is 3. The van der Waals surface area contributed by atoms with Crippen molar-refractivity contribution in [3.05, 3.63) is 68.1 Å². The number of pyridine rings is 1. The SMILES string of the molecule is Cc1cc(C)cc(C(=O)NCc2c(C)cc(C)[nH]c2=O)c1. The molecular formula is C17H20N2O2. The molecule has 0 saturated carbocycles. The maximum absolute atomic E-state index is 12.2. The van der Waals surface area contributed by atoms with Crippen LogP contribution >= 0.6 is 0 Å². The van der Waals surface area contributed by atoms with Crippen LogP contribution in [0.25, 0.3) is 0 Å². The summed E-state index contributed by atoms with van der Waals surface area (Å²) in [7, 11) is 0. The molecular weight excluding hydrogens is 264 g/mol. The zero-order valence-electron chi connectivity index (χ0n) is 12.8. The minimum Gasteiger partial charge on any atom is -0.348 e. The van der Waals surface area contributed by atoms with E-state index in [0.717, 1.165) is 22.4 Å². The second-order valence-corrected chi connectivity index (χ2v) is 5.50. The maximum Gasteiger partial charge on any atom is 0.253 e. The van der Waals surface area contributed by atoms with Gasteiger partial charge in [0.15, 0.2) is 0 Å². The highest BCUT2D eigenvalue weighted by Crippen LogP contribution is 2.09. The highest BCUT2D eigenvalue weighted by atomic mass is 16.1. The van der Waals surface area contributed by atoms with Gasteiger partial charge in [-0.2, -0.15) is 0 Å². The number of carbonyl (C=O) groups excluding carboxylic acids is 1. The van der Waals surface area contributed by atoms with Gasteiger partial charge in [-0.25, -0.2) is 0 Å². The van der Waals surface area contributed by atoms with Gasteiger partial charge in [-0.15, -0.1) is 0 Å². The van der Waals surface area contributed by atoms with Crippen LogP contribution in [0, 0.1) is 27.7 Å². The van der Waals surface area contributed by atoms with Crippen molar-refractivity contribution in [2.45, 2.75) is 34.2 Å². The van der Waals surface area contributed by atoms with Crippen LogP contribution < -0.4 is 10.9 Å². The van der Waals surface area contributed by atoms with E-state index in [2.05, 4.69) is 10.3 Å². The molecule has 0 unspecified atom stereocenters.